The van der Waals surface area contributed by atoms with E-state index in [4.69, 9.17) is 10.5 Å². The van der Waals surface area contributed by atoms with Crippen LogP contribution in [0.1, 0.15) is 41.6 Å². The topological polar surface area (TPSA) is 35.2 Å². The van der Waals surface area contributed by atoms with Gasteiger partial charge in [0.2, 0.25) is 0 Å². The maximum Gasteiger partial charge on any atom is 0.0551 e. The van der Waals surface area contributed by atoms with Crippen LogP contribution in [0.15, 0.2) is 12.1 Å². The lowest BCUT2D eigenvalue weighted by Crippen LogP contribution is -2.23. The largest absolute Gasteiger partial charge is 0.378 e. The maximum atomic E-state index is 6.43. The molecular formula is C15H23NO. The predicted molar refractivity (Wildman–Crippen MR) is 71.1 cm³/mol. The molecule has 1 aromatic rings. The third-order valence-electron chi connectivity index (χ3n) is 3.81. The van der Waals surface area contributed by atoms with Crippen LogP contribution in [0.5, 0.6) is 0 Å². The lowest BCUT2D eigenvalue weighted by molar-refractivity contribution is 0.118. The average molecular weight is 233 g/mol. The minimum absolute atomic E-state index is 0.112. The number of aryl methyl sites for hydroxylation is 3. The molecule has 0 aromatic heterocycles. The van der Waals surface area contributed by atoms with Gasteiger partial charge in [0.25, 0.3) is 0 Å². The number of ether oxygens (including phenoxy) is 1. The van der Waals surface area contributed by atoms with Crippen molar-refractivity contribution in [3.05, 3.63) is 34.4 Å². The van der Waals surface area contributed by atoms with E-state index in [9.17, 15) is 0 Å². The molecule has 2 rings (SSSR count). The van der Waals surface area contributed by atoms with E-state index in [2.05, 4.69) is 39.8 Å². The van der Waals surface area contributed by atoms with Crippen molar-refractivity contribution >= 4 is 0 Å². The van der Waals surface area contributed by atoms with Crippen molar-refractivity contribution in [2.45, 2.75) is 46.3 Å². The molecule has 1 aromatic carbocycles. The quantitative estimate of drug-likeness (QED) is 0.852. The minimum Gasteiger partial charge on any atom is -0.378 e. The van der Waals surface area contributed by atoms with Crippen molar-refractivity contribution in [1.82, 2.24) is 0 Å². The molecule has 1 aliphatic rings. The molecule has 0 bridgehead atoms. The first kappa shape index (κ1) is 12.6. The van der Waals surface area contributed by atoms with Gasteiger partial charge in [-0.3, -0.25) is 0 Å². The lowest BCUT2D eigenvalue weighted by atomic mass is 9.86. The Labute approximate surface area is 104 Å². The third kappa shape index (κ3) is 2.53. The molecule has 3 unspecified atom stereocenters. The van der Waals surface area contributed by atoms with Crippen molar-refractivity contribution in [2.75, 3.05) is 6.61 Å². The average Bonchev–Trinajstić information content (AvgIpc) is 2.63. The van der Waals surface area contributed by atoms with Crippen LogP contribution in [0.2, 0.25) is 0 Å². The van der Waals surface area contributed by atoms with Crippen LogP contribution in [-0.4, -0.2) is 12.7 Å². The Bertz CT molecular complexity index is 390. The van der Waals surface area contributed by atoms with Gasteiger partial charge >= 0.3 is 0 Å². The lowest BCUT2D eigenvalue weighted by Gasteiger charge is -2.23. The second-order valence-corrected chi connectivity index (χ2v) is 5.48. The molecule has 0 saturated carbocycles. The maximum absolute atomic E-state index is 6.43. The monoisotopic (exact) mass is 233 g/mol. The molecule has 3 atom stereocenters. The Hall–Kier alpha value is -0.860. The smallest absolute Gasteiger partial charge is 0.0551 e. The Morgan fingerprint density at radius 2 is 1.82 bits per heavy atom. The summed E-state index contributed by atoms with van der Waals surface area (Å²) in [5, 5.41) is 0. The summed E-state index contributed by atoms with van der Waals surface area (Å²) in [6.45, 7) is 9.38. The summed E-state index contributed by atoms with van der Waals surface area (Å²) in [4.78, 5) is 0. The Morgan fingerprint density at radius 1 is 1.24 bits per heavy atom. The van der Waals surface area contributed by atoms with E-state index >= 15 is 0 Å². The van der Waals surface area contributed by atoms with Crippen molar-refractivity contribution in [1.29, 1.82) is 0 Å². The zero-order valence-electron chi connectivity index (χ0n) is 11.3. The highest BCUT2D eigenvalue weighted by molar-refractivity contribution is 5.39. The van der Waals surface area contributed by atoms with Crippen molar-refractivity contribution in [2.24, 2.45) is 11.7 Å². The molecule has 1 fully saturated rings. The summed E-state index contributed by atoms with van der Waals surface area (Å²) in [6, 6.07) is 4.56. The molecule has 2 nitrogen and oxygen atoms in total. The molecule has 2 heteroatoms. The van der Waals surface area contributed by atoms with Gasteiger partial charge in [0.15, 0.2) is 0 Å². The predicted octanol–water partition coefficient (Wildman–Crippen LogP) is 3.04. The summed E-state index contributed by atoms with van der Waals surface area (Å²) in [5.41, 5.74) is 11.7. The van der Waals surface area contributed by atoms with Gasteiger partial charge in [-0.1, -0.05) is 17.7 Å². The van der Waals surface area contributed by atoms with Crippen molar-refractivity contribution in [3.63, 3.8) is 0 Å². The van der Waals surface area contributed by atoms with E-state index in [-0.39, 0.29) is 6.04 Å². The first-order valence-corrected chi connectivity index (χ1v) is 6.44. The van der Waals surface area contributed by atoms with Crippen molar-refractivity contribution in [3.8, 4) is 0 Å². The highest BCUT2D eigenvalue weighted by atomic mass is 16.5. The minimum atomic E-state index is 0.112. The molecule has 0 amide bonds. The highest BCUT2D eigenvalue weighted by Gasteiger charge is 2.29. The molecule has 1 aliphatic heterocycles. The molecule has 1 saturated heterocycles. The fraction of sp³-hybridized carbons (Fsp3) is 0.600. The molecule has 2 N–H and O–H groups in total. The van der Waals surface area contributed by atoms with Gasteiger partial charge in [0.05, 0.1) is 12.7 Å². The van der Waals surface area contributed by atoms with Gasteiger partial charge in [-0.15, -0.1) is 0 Å². The first-order valence-electron chi connectivity index (χ1n) is 6.44. The van der Waals surface area contributed by atoms with Gasteiger partial charge in [-0.2, -0.15) is 0 Å². The fourth-order valence-corrected chi connectivity index (χ4v) is 3.05. The number of rotatable bonds is 2. The van der Waals surface area contributed by atoms with E-state index in [0.29, 0.717) is 12.0 Å². The molecule has 0 spiro atoms. The number of nitrogens with two attached hydrogens (primary N) is 1. The SMILES string of the molecule is Cc1cc(C)c(C(N)C2COC(C)C2)c(C)c1. The van der Waals surface area contributed by atoms with Crippen LogP contribution in [0.25, 0.3) is 0 Å². The summed E-state index contributed by atoms with van der Waals surface area (Å²) < 4.78 is 5.63. The molecule has 17 heavy (non-hydrogen) atoms. The fourth-order valence-electron chi connectivity index (χ4n) is 3.05. The van der Waals surface area contributed by atoms with Gasteiger partial charge in [0, 0.05) is 12.0 Å². The summed E-state index contributed by atoms with van der Waals surface area (Å²) >= 11 is 0. The van der Waals surface area contributed by atoms with Crippen LogP contribution in [0.4, 0.5) is 0 Å². The standard InChI is InChI=1S/C15H23NO/c1-9-5-10(2)14(11(3)6-9)15(16)13-7-12(4)17-8-13/h5-6,12-13,15H,7-8,16H2,1-4H3. The zero-order valence-corrected chi connectivity index (χ0v) is 11.3. The Balaban J connectivity index is 2.27. The van der Waals surface area contributed by atoms with Gasteiger partial charge in [-0.25, -0.2) is 0 Å². The van der Waals surface area contributed by atoms with Gasteiger partial charge < -0.3 is 10.5 Å². The summed E-state index contributed by atoms with van der Waals surface area (Å²) in [5.74, 6) is 0.463. The van der Waals surface area contributed by atoms with Crippen molar-refractivity contribution < 1.29 is 4.74 Å². The Morgan fingerprint density at radius 3 is 2.29 bits per heavy atom. The van der Waals surface area contributed by atoms with Crippen LogP contribution in [0.3, 0.4) is 0 Å². The first-order chi connectivity index (χ1) is 7.99. The van der Waals surface area contributed by atoms with Gasteiger partial charge in [0.1, 0.15) is 0 Å². The highest BCUT2D eigenvalue weighted by Crippen LogP contribution is 2.33. The number of hydrogen-bond donors (Lipinski definition) is 1. The third-order valence-corrected chi connectivity index (χ3v) is 3.81. The molecule has 0 aliphatic carbocycles. The molecule has 1 heterocycles. The second kappa shape index (κ2) is 4.79. The van der Waals surface area contributed by atoms with E-state index in [1.54, 1.807) is 0 Å². The van der Waals surface area contributed by atoms with Crippen LogP contribution >= 0.6 is 0 Å². The summed E-state index contributed by atoms with van der Waals surface area (Å²) in [7, 11) is 0. The molecule has 0 radical (unpaired) electrons. The van der Waals surface area contributed by atoms with E-state index in [0.717, 1.165) is 13.0 Å². The Kier molecular flexibility index (Phi) is 3.55. The molecular weight excluding hydrogens is 210 g/mol. The van der Waals surface area contributed by atoms with Crippen LogP contribution < -0.4 is 5.73 Å². The van der Waals surface area contributed by atoms with Crippen LogP contribution in [0, 0.1) is 26.7 Å². The second-order valence-electron chi connectivity index (χ2n) is 5.48. The molecule has 94 valence electrons. The van der Waals surface area contributed by atoms with E-state index in [1.807, 2.05) is 0 Å². The van der Waals surface area contributed by atoms with Crippen LogP contribution in [-0.2, 0) is 4.74 Å². The van der Waals surface area contributed by atoms with Gasteiger partial charge in [-0.05, 0) is 50.8 Å². The summed E-state index contributed by atoms with van der Waals surface area (Å²) in [6.07, 6.45) is 1.44. The normalized spacial score (nSPS) is 26.2. The zero-order chi connectivity index (χ0) is 12.6. The van der Waals surface area contributed by atoms with E-state index < -0.39 is 0 Å². The van der Waals surface area contributed by atoms with E-state index in [1.165, 1.54) is 22.3 Å². The number of benzene rings is 1. The number of hydrogen-bond acceptors (Lipinski definition) is 2.